The molecule has 2 rings (SSSR count). The van der Waals surface area contributed by atoms with Gasteiger partial charge in [0.15, 0.2) is 0 Å². The molecule has 0 spiro atoms. The summed E-state index contributed by atoms with van der Waals surface area (Å²) in [4.78, 5) is 37.5. The smallest absolute Gasteiger partial charge is 0.407 e. The minimum Gasteiger partial charge on any atom is -0.478 e. The Morgan fingerprint density at radius 3 is 2.50 bits per heavy atom. The number of rotatable bonds is 9. The first-order valence-corrected chi connectivity index (χ1v) is 9.17. The SMILES string of the molecule is O=C(NCCC1=CCCCC1)OCCCc1cnc[nH]1.O=C(O)/C=C\C(=O)O. The van der Waals surface area contributed by atoms with E-state index in [0.717, 1.165) is 25.0 Å². The van der Waals surface area contributed by atoms with Gasteiger partial charge in [-0.3, -0.25) is 0 Å². The number of aromatic nitrogens is 2. The van der Waals surface area contributed by atoms with Gasteiger partial charge in [0.1, 0.15) is 0 Å². The van der Waals surface area contributed by atoms with E-state index in [0.29, 0.717) is 25.3 Å². The van der Waals surface area contributed by atoms with Gasteiger partial charge in [0.05, 0.1) is 12.9 Å². The zero-order valence-corrected chi connectivity index (χ0v) is 15.7. The van der Waals surface area contributed by atoms with Gasteiger partial charge in [-0.15, -0.1) is 0 Å². The Kier molecular flexibility index (Phi) is 11.5. The molecule has 0 saturated heterocycles. The van der Waals surface area contributed by atoms with Gasteiger partial charge in [-0.05, 0) is 44.9 Å². The molecule has 4 N–H and O–H groups in total. The Morgan fingerprint density at radius 1 is 1.18 bits per heavy atom. The van der Waals surface area contributed by atoms with E-state index in [9.17, 15) is 14.4 Å². The normalized spacial score (nSPS) is 13.2. The Balaban J connectivity index is 0.000000416. The molecule has 0 aromatic carbocycles. The maximum Gasteiger partial charge on any atom is 0.407 e. The molecule has 1 amide bonds. The van der Waals surface area contributed by atoms with Crippen LogP contribution in [0.25, 0.3) is 0 Å². The van der Waals surface area contributed by atoms with Gasteiger partial charge in [0, 0.05) is 30.6 Å². The largest absolute Gasteiger partial charge is 0.478 e. The molecule has 0 radical (unpaired) electrons. The van der Waals surface area contributed by atoms with E-state index in [1.165, 1.54) is 31.3 Å². The van der Waals surface area contributed by atoms with E-state index in [2.05, 4.69) is 21.4 Å². The highest BCUT2D eigenvalue weighted by molar-refractivity contribution is 5.89. The first kappa shape index (κ1) is 22.9. The highest BCUT2D eigenvalue weighted by Gasteiger charge is 2.05. The van der Waals surface area contributed by atoms with Crippen LogP contribution in [0.15, 0.2) is 36.3 Å². The summed E-state index contributed by atoms with van der Waals surface area (Å²) < 4.78 is 5.13. The molecule has 0 bridgehead atoms. The number of carboxylic acids is 2. The van der Waals surface area contributed by atoms with E-state index in [1.54, 1.807) is 12.5 Å². The molecule has 0 saturated carbocycles. The molecule has 0 unspecified atom stereocenters. The van der Waals surface area contributed by atoms with Crippen molar-refractivity contribution < 1.29 is 29.3 Å². The lowest BCUT2D eigenvalue weighted by molar-refractivity contribution is -0.134. The molecule has 1 aromatic rings. The van der Waals surface area contributed by atoms with Crippen molar-refractivity contribution in [1.29, 1.82) is 0 Å². The van der Waals surface area contributed by atoms with Crippen molar-refractivity contribution in [2.24, 2.45) is 0 Å². The number of nitrogens with one attached hydrogen (secondary N) is 2. The van der Waals surface area contributed by atoms with Gasteiger partial charge in [-0.1, -0.05) is 11.6 Å². The summed E-state index contributed by atoms with van der Waals surface area (Å²) in [7, 11) is 0. The molecule has 1 aliphatic rings. The fourth-order valence-electron chi connectivity index (χ4n) is 2.50. The number of carboxylic acid groups (broad SMARTS) is 2. The van der Waals surface area contributed by atoms with Crippen LogP contribution in [0, 0.1) is 0 Å². The Hall–Kier alpha value is -3.10. The summed E-state index contributed by atoms with van der Waals surface area (Å²) in [5.41, 5.74) is 2.54. The number of aliphatic carboxylic acids is 2. The quantitative estimate of drug-likeness (QED) is 0.287. The van der Waals surface area contributed by atoms with E-state index < -0.39 is 11.9 Å². The van der Waals surface area contributed by atoms with E-state index >= 15 is 0 Å². The number of ether oxygens (including phenoxy) is 1. The van der Waals surface area contributed by atoms with Gasteiger partial charge >= 0.3 is 18.0 Å². The Bertz CT molecular complexity index is 651. The maximum absolute atomic E-state index is 11.5. The monoisotopic (exact) mass is 393 g/mol. The number of imidazole rings is 1. The molecule has 154 valence electrons. The lowest BCUT2D eigenvalue weighted by Crippen LogP contribution is -2.26. The van der Waals surface area contributed by atoms with Gasteiger partial charge in [-0.2, -0.15) is 0 Å². The Labute approximate surface area is 163 Å². The molecule has 0 aliphatic heterocycles. The number of aryl methyl sites for hydroxylation is 1. The van der Waals surface area contributed by atoms with E-state index in [1.807, 2.05) is 0 Å². The van der Waals surface area contributed by atoms with Crippen LogP contribution >= 0.6 is 0 Å². The molecular weight excluding hydrogens is 366 g/mol. The van der Waals surface area contributed by atoms with Gasteiger partial charge < -0.3 is 25.3 Å². The van der Waals surface area contributed by atoms with E-state index in [4.69, 9.17) is 14.9 Å². The number of allylic oxidation sites excluding steroid dienone is 1. The zero-order valence-electron chi connectivity index (χ0n) is 15.7. The molecule has 28 heavy (non-hydrogen) atoms. The van der Waals surface area contributed by atoms with Crippen LogP contribution in [0.4, 0.5) is 4.79 Å². The molecule has 9 heteroatoms. The third-order valence-electron chi connectivity index (χ3n) is 3.85. The van der Waals surface area contributed by atoms with Crippen molar-refractivity contribution in [3.05, 3.63) is 42.0 Å². The lowest BCUT2D eigenvalue weighted by atomic mass is 9.97. The van der Waals surface area contributed by atoms with Crippen molar-refractivity contribution in [3.8, 4) is 0 Å². The van der Waals surface area contributed by atoms with Crippen molar-refractivity contribution in [2.75, 3.05) is 13.2 Å². The molecule has 1 heterocycles. The minimum atomic E-state index is -1.26. The predicted octanol–water partition coefficient (Wildman–Crippen LogP) is 2.67. The van der Waals surface area contributed by atoms with Crippen LogP contribution < -0.4 is 5.32 Å². The second kappa shape index (κ2) is 14.0. The molecule has 1 aromatic heterocycles. The first-order valence-electron chi connectivity index (χ1n) is 9.17. The minimum absolute atomic E-state index is 0.314. The Morgan fingerprint density at radius 2 is 1.93 bits per heavy atom. The van der Waals surface area contributed by atoms with E-state index in [-0.39, 0.29) is 6.09 Å². The number of aromatic amines is 1. The summed E-state index contributed by atoms with van der Waals surface area (Å²) in [6.45, 7) is 1.11. The highest BCUT2D eigenvalue weighted by Crippen LogP contribution is 2.19. The number of alkyl carbamates (subject to hydrolysis) is 1. The average molecular weight is 393 g/mol. The lowest BCUT2D eigenvalue weighted by Gasteiger charge is -2.13. The standard InChI is InChI=1S/C15H23N3O2.C4H4O4/c19-15(17-9-8-13-5-2-1-3-6-13)20-10-4-7-14-11-16-12-18-14;5-3(6)1-2-4(7)8/h5,11-12H,1-4,6-10H2,(H,16,18)(H,17,19);1-2H,(H,5,6)(H,7,8)/b;2-1-. The molecule has 9 nitrogen and oxygen atoms in total. The molecule has 1 aliphatic carbocycles. The first-order chi connectivity index (χ1) is 13.5. The molecule has 0 fully saturated rings. The van der Waals surface area contributed by atoms with Crippen LogP contribution in [0.2, 0.25) is 0 Å². The van der Waals surface area contributed by atoms with Gasteiger partial charge in [0.2, 0.25) is 0 Å². The predicted molar refractivity (Wildman–Crippen MR) is 102 cm³/mol. The summed E-state index contributed by atoms with van der Waals surface area (Å²) >= 11 is 0. The van der Waals surface area contributed by atoms with Crippen LogP contribution in [0.5, 0.6) is 0 Å². The number of amides is 1. The summed E-state index contributed by atoms with van der Waals surface area (Å²) in [6.07, 6.45) is 14.1. The highest BCUT2D eigenvalue weighted by atomic mass is 16.5. The molecular formula is C19H27N3O6. The third kappa shape index (κ3) is 12.3. The van der Waals surface area contributed by atoms with Crippen LogP contribution in [-0.4, -0.2) is 51.4 Å². The summed E-state index contributed by atoms with van der Waals surface area (Å²) in [5.74, 6) is -2.51. The fourth-order valence-corrected chi connectivity index (χ4v) is 2.50. The van der Waals surface area contributed by atoms with Crippen molar-refractivity contribution in [1.82, 2.24) is 15.3 Å². The number of H-pyrrole nitrogens is 1. The topological polar surface area (TPSA) is 142 Å². The number of carbonyl (C=O) groups is 3. The van der Waals surface area contributed by atoms with Crippen molar-refractivity contribution in [2.45, 2.75) is 44.9 Å². The fraction of sp³-hybridized carbons (Fsp3) is 0.474. The van der Waals surface area contributed by atoms with Crippen LogP contribution in [0.3, 0.4) is 0 Å². The van der Waals surface area contributed by atoms with Crippen molar-refractivity contribution >= 4 is 18.0 Å². The van der Waals surface area contributed by atoms with Crippen LogP contribution in [0.1, 0.15) is 44.2 Å². The summed E-state index contributed by atoms with van der Waals surface area (Å²) in [5, 5.41) is 18.4. The second-order valence-electron chi connectivity index (χ2n) is 6.11. The van der Waals surface area contributed by atoms with Crippen molar-refractivity contribution in [3.63, 3.8) is 0 Å². The number of hydrogen-bond donors (Lipinski definition) is 4. The second-order valence-corrected chi connectivity index (χ2v) is 6.11. The average Bonchev–Trinajstić information content (AvgIpc) is 3.18. The zero-order chi connectivity index (χ0) is 20.6. The third-order valence-corrected chi connectivity index (χ3v) is 3.85. The van der Waals surface area contributed by atoms with Gasteiger partial charge in [0.25, 0.3) is 0 Å². The number of nitrogens with zero attached hydrogens (tertiary/aromatic N) is 1. The number of hydrogen-bond acceptors (Lipinski definition) is 5. The van der Waals surface area contributed by atoms with Gasteiger partial charge in [-0.25, -0.2) is 19.4 Å². The number of carbonyl (C=O) groups excluding carboxylic acids is 1. The summed E-state index contributed by atoms with van der Waals surface area (Å²) in [6, 6.07) is 0. The maximum atomic E-state index is 11.5. The molecule has 0 atom stereocenters. The van der Waals surface area contributed by atoms with Crippen LogP contribution in [-0.2, 0) is 20.7 Å².